The number of sulfonamides is 1. The minimum Gasteiger partial charge on any atom is -0.481 e. The number of carbonyl (C=O) groups excluding carboxylic acids is 1. The molecule has 0 aliphatic heterocycles. The van der Waals surface area contributed by atoms with Crippen molar-refractivity contribution in [2.75, 3.05) is 24.7 Å². The molecule has 21 heavy (non-hydrogen) atoms. The van der Waals surface area contributed by atoms with E-state index in [1.165, 1.54) is 25.4 Å². The summed E-state index contributed by atoms with van der Waals surface area (Å²) in [7, 11) is -2.07. The first-order valence-electron chi connectivity index (χ1n) is 5.95. The SMILES string of the molecule is CNS(=O)(=O)CCNC(=O)Nc1ccc(CC(=O)O)nc1. The number of anilines is 1. The molecule has 0 spiro atoms. The van der Waals surface area contributed by atoms with Crippen LogP contribution in [0.5, 0.6) is 0 Å². The maximum atomic E-state index is 11.5. The summed E-state index contributed by atoms with van der Waals surface area (Å²) in [5, 5.41) is 13.4. The zero-order valence-electron chi connectivity index (χ0n) is 11.3. The zero-order chi connectivity index (χ0) is 15.9. The number of hydrogen-bond acceptors (Lipinski definition) is 5. The summed E-state index contributed by atoms with van der Waals surface area (Å²) in [5.41, 5.74) is 0.742. The van der Waals surface area contributed by atoms with Crippen LogP contribution in [0.4, 0.5) is 10.5 Å². The number of carboxylic acids is 1. The van der Waals surface area contributed by atoms with Crippen molar-refractivity contribution in [1.82, 2.24) is 15.0 Å². The first-order valence-corrected chi connectivity index (χ1v) is 7.60. The average molecular weight is 316 g/mol. The smallest absolute Gasteiger partial charge is 0.319 e. The van der Waals surface area contributed by atoms with Crippen molar-refractivity contribution in [3.63, 3.8) is 0 Å². The summed E-state index contributed by atoms with van der Waals surface area (Å²) in [5.74, 6) is -1.22. The molecular formula is C11H16N4O5S. The number of aromatic nitrogens is 1. The second-order valence-corrected chi connectivity index (χ2v) is 6.06. The minimum atomic E-state index is -3.37. The van der Waals surface area contributed by atoms with Gasteiger partial charge in [0.2, 0.25) is 10.0 Å². The van der Waals surface area contributed by atoms with Gasteiger partial charge >= 0.3 is 12.0 Å². The molecule has 2 amide bonds. The standard InChI is InChI=1S/C11H16N4O5S/c1-12-21(19,20)5-4-13-11(18)15-9-3-2-8(14-7-9)6-10(16)17/h2-3,7,12H,4-6H2,1H3,(H,16,17)(H2,13,15,18). The molecule has 9 nitrogen and oxygen atoms in total. The van der Waals surface area contributed by atoms with Gasteiger partial charge in [0.05, 0.1) is 29.8 Å². The van der Waals surface area contributed by atoms with Crippen molar-refractivity contribution in [3.05, 3.63) is 24.0 Å². The summed E-state index contributed by atoms with van der Waals surface area (Å²) < 4.78 is 24.4. The number of rotatable bonds is 7. The summed E-state index contributed by atoms with van der Waals surface area (Å²) in [6.45, 7) is -0.0421. The number of carboxylic acid groups (broad SMARTS) is 1. The van der Waals surface area contributed by atoms with E-state index < -0.39 is 22.0 Å². The number of urea groups is 1. The zero-order valence-corrected chi connectivity index (χ0v) is 12.1. The van der Waals surface area contributed by atoms with Gasteiger partial charge < -0.3 is 15.7 Å². The van der Waals surface area contributed by atoms with Gasteiger partial charge in [0.1, 0.15) is 0 Å². The van der Waals surface area contributed by atoms with Crippen molar-refractivity contribution >= 4 is 27.7 Å². The summed E-state index contributed by atoms with van der Waals surface area (Å²) in [6.07, 6.45) is 1.12. The Morgan fingerprint density at radius 2 is 2.05 bits per heavy atom. The van der Waals surface area contributed by atoms with Crippen LogP contribution in [0.15, 0.2) is 18.3 Å². The molecule has 1 aromatic heterocycles. The van der Waals surface area contributed by atoms with Crippen LogP contribution in [0, 0.1) is 0 Å². The molecule has 0 bridgehead atoms. The van der Waals surface area contributed by atoms with E-state index in [1.807, 2.05) is 0 Å². The van der Waals surface area contributed by atoms with Crippen LogP contribution in [0.25, 0.3) is 0 Å². The molecule has 0 aliphatic rings. The van der Waals surface area contributed by atoms with Crippen LogP contribution in [0.2, 0.25) is 0 Å². The van der Waals surface area contributed by atoms with Crippen LogP contribution in [-0.2, 0) is 21.2 Å². The van der Waals surface area contributed by atoms with Crippen molar-refractivity contribution in [3.8, 4) is 0 Å². The molecule has 0 unspecified atom stereocenters. The molecular weight excluding hydrogens is 300 g/mol. The Labute approximate surface area is 121 Å². The van der Waals surface area contributed by atoms with Gasteiger partial charge in [-0.1, -0.05) is 0 Å². The van der Waals surface area contributed by atoms with Gasteiger partial charge in [-0.2, -0.15) is 0 Å². The first-order chi connectivity index (χ1) is 9.82. The van der Waals surface area contributed by atoms with Crippen molar-refractivity contribution in [1.29, 1.82) is 0 Å². The maximum Gasteiger partial charge on any atom is 0.319 e. The van der Waals surface area contributed by atoms with E-state index in [0.717, 1.165) is 0 Å². The molecule has 116 valence electrons. The van der Waals surface area contributed by atoms with Gasteiger partial charge in [0, 0.05) is 6.54 Å². The van der Waals surface area contributed by atoms with E-state index in [4.69, 9.17) is 5.11 Å². The first kappa shape index (κ1) is 16.9. The van der Waals surface area contributed by atoms with E-state index in [2.05, 4.69) is 20.3 Å². The van der Waals surface area contributed by atoms with Crippen LogP contribution >= 0.6 is 0 Å². The molecule has 0 aliphatic carbocycles. The molecule has 0 radical (unpaired) electrons. The molecule has 1 rings (SSSR count). The Morgan fingerprint density at radius 3 is 2.57 bits per heavy atom. The highest BCUT2D eigenvalue weighted by molar-refractivity contribution is 7.89. The van der Waals surface area contributed by atoms with Crippen molar-refractivity contribution < 1.29 is 23.1 Å². The Kier molecular flexibility index (Phi) is 6.06. The van der Waals surface area contributed by atoms with Crippen LogP contribution in [0.1, 0.15) is 5.69 Å². The predicted octanol–water partition coefficient (Wildman–Crippen LogP) is -0.621. The third kappa shape index (κ3) is 6.68. The molecule has 1 aromatic rings. The number of nitrogens with zero attached hydrogens (tertiary/aromatic N) is 1. The van der Waals surface area contributed by atoms with Crippen LogP contribution in [0.3, 0.4) is 0 Å². The van der Waals surface area contributed by atoms with E-state index in [1.54, 1.807) is 0 Å². The summed E-state index contributed by atoms with van der Waals surface area (Å²) in [4.78, 5) is 25.8. The second-order valence-electron chi connectivity index (χ2n) is 4.01. The second kappa shape index (κ2) is 7.55. The predicted molar refractivity (Wildman–Crippen MR) is 75.4 cm³/mol. The number of pyridine rings is 1. The van der Waals surface area contributed by atoms with Gasteiger partial charge in [0.25, 0.3) is 0 Å². The van der Waals surface area contributed by atoms with Gasteiger partial charge in [0.15, 0.2) is 0 Å². The van der Waals surface area contributed by atoms with Crippen molar-refractivity contribution in [2.24, 2.45) is 0 Å². The molecule has 1 heterocycles. The fourth-order valence-electron chi connectivity index (χ4n) is 1.33. The Morgan fingerprint density at radius 1 is 1.33 bits per heavy atom. The molecule has 10 heteroatoms. The number of carbonyl (C=O) groups is 2. The lowest BCUT2D eigenvalue weighted by Gasteiger charge is -2.08. The quantitative estimate of drug-likeness (QED) is 0.529. The Hall–Kier alpha value is -2.20. The number of amides is 2. The maximum absolute atomic E-state index is 11.5. The lowest BCUT2D eigenvalue weighted by Crippen LogP contribution is -2.35. The fraction of sp³-hybridized carbons (Fsp3) is 0.364. The summed E-state index contributed by atoms with van der Waals surface area (Å²) >= 11 is 0. The molecule has 0 atom stereocenters. The van der Waals surface area contributed by atoms with Gasteiger partial charge in [-0.15, -0.1) is 0 Å². The van der Waals surface area contributed by atoms with E-state index in [9.17, 15) is 18.0 Å². The normalized spacial score (nSPS) is 10.9. The van der Waals surface area contributed by atoms with Crippen LogP contribution in [-0.4, -0.2) is 49.9 Å². The third-order valence-electron chi connectivity index (χ3n) is 2.38. The lowest BCUT2D eigenvalue weighted by atomic mass is 10.2. The minimum absolute atomic E-state index is 0.0421. The lowest BCUT2D eigenvalue weighted by molar-refractivity contribution is -0.136. The Balaban J connectivity index is 2.43. The number of hydrogen-bond donors (Lipinski definition) is 4. The monoisotopic (exact) mass is 316 g/mol. The topological polar surface area (TPSA) is 137 Å². The average Bonchev–Trinajstić information content (AvgIpc) is 2.40. The van der Waals surface area contributed by atoms with Gasteiger partial charge in [-0.25, -0.2) is 17.9 Å². The number of nitrogens with one attached hydrogen (secondary N) is 3. The van der Waals surface area contributed by atoms with E-state index in [-0.39, 0.29) is 18.7 Å². The van der Waals surface area contributed by atoms with E-state index in [0.29, 0.717) is 11.4 Å². The van der Waals surface area contributed by atoms with Crippen molar-refractivity contribution in [2.45, 2.75) is 6.42 Å². The van der Waals surface area contributed by atoms with Gasteiger partial charge in [-0.3, -0.25) is 9.78 Å². The fourth-order valence-corrected chi connectivity index (χ4v) is 1.91. The molecule has 0 aromatic carbocycles. The highest BCUT2D eigenvalue weighted by atomic mass is 32.2. The summed E-state index contributed by atoms with van der Waals surface area (Å²) in [6, 6.07) is 2.42. The molecule has 0 saturated carbocycles. The molecule has 0 saturated heterocycles. The molecule has 0 fully saturated rings. The highest BCUT2D eigenvalue weighted by Crippen LogP contribution is 2.06. The van der Waals surface area contributed by atoms with Crippen LogP contribution < -0.4 is 15.4 Å². The molecule has 4 N–H and O–H groups in total. The Bertz CT molecular complexity index is 600. The largest absolute Gasteiger partial charge is 0.481 e. The van der Waals surface area contributed by atoms with E-state index >= 15 is 0 Å². The van der Waals surface area contributed by atoms with Gasteiger partial charge in [-0.05, 0) is 19.2 Å². The third-order valence-corrected chi connectivity index (χ3v) is 3.75. The number of aliphatic carboxylic acids is 1. The highest BCUT2D eigenvalue weighted by Gasteiger charge is 2.08.